The summed E-state index contributed by atoms with van der Waals surface area (Å²) in [6, 6.07) is 25.2. The highest BCUT2D eigenvalue weighted by molar-refractivity contribution is 6.01. The average Bonchev–Trinajstić information content (AvgIpc) is 3.43. The molecule has 1 aliphatic heterocycles. The molecular formula is C29H28N4O3. The molecular weight excluding hydrogens is 452 g/mol. The zero-order chi connectivity index (χ0) is 25.1. The quantitative estimate of drug-likeness (QED) is 0.397. The number of benzene rings is 3. The minimum Gasteiger partial charge on any atom is -0.354 e. The van der Waals surface area contributed by atoms with Gasteiger partial charge in [0.25, 0.3) is 5.91 Å². The van der Waals surface area contributed by atoms with Gasteiger partial charge in [0.15, 0.2) is 0 Å². The van der Waals surface area contributed by atoms with Gasteiger partial charge in [0, 0.05) is 49.6 Å². The number of nitrogens with one attached hydrogen (secondary N) is 2. The van der Waals surface area contributed by atoms with Crippen LogP contribution in [-0.4, -0.2) is 40.3 Å². The second-order valence-corrected chi connectivity index (χ2v) is 9.12. The Morgan fingerprint density at radius 3 is 2.50 bits per heavy atom. The lowest BCUT2D eigenvalue weighted by atomic mass is 9.98. The minimum absolute atomic E-state index is 0.0339. The van der Waals surface area contributed by atoms with Gasteiger partial charge in [-0.25, -0.2) is 0 Å². The molecule has 3 amide bonds. The number of carbonyl (C=O) groups excluding carboxylic acids is 3. The van der Waals surface area contributed by atoms with Gasteiger partial charge in [-0.3, -0.25) is 14.4 Å². The van der Waals surface area contributed by atoms with E-state index in [1.807, 2.05) is 94.5 Å². The predicted octanol–water partition coefficient (Wildman–Crippen LogP) is 4.16. The maximum absolute atomic E-state index is 13.0. The summed E-state index contributed by atoms with van der Waals surface area (Å²) < 4.78 is 1.87. The van der Waals surface area contributed by atoms with E-state index in [4.69, 9.17) is 0 Å². The van der Waals surface area contributed by atoms with E-state index in [0.29, 0.717) is 19.6 Å². The summed E-state index contributed by atoms with van der Waals surface area (Å²) in [5, 5.41) is 6.79. The average molecular weight is 481 g/mol. The summed E-state index contributed by atoms with van der Waals surface area (Å²) in [6.45, 7) is 3.14. The van der Waals surface area contributed by atoms with Crippen LogP contribution >= 0.6 is 0 Å². The number of anilines is 1. The largest absolute Gasteiger partial charge is 0.354 e. The Morgan fingerprint density at radius 1 is 0.944 bits per heavy atom. The van der Waals surface area contributed by atoms with Crippen molar-refractivity contribution in [2.24, 2.45) is 0 Å². The van der Waals surface area contributed by atoms with Crippen LogP contribution in [0.1, 0.15) is 34.3 Å². The van der Waals surface area contributed by atoms with E-state index in [9.17, 15) is 14.4 Å². The van der Waals surface area contributed by atoms with Crippen molar-refractivity contribution >= 4 is 34.3 Å². The molecule has 7 nitrogen and oxygen atoms in total. The molecule has 0 saturated carbocycles. The summed E-state index contributed by atoms with van der Waals surface area (Å²) in [6.07, 6.45) is 1.85. The number of carbonyl (C=O) groups is 3. The van der Waals surface area contributed by atoms with E-state index in [1.54, 1.807) is 0 Å². The first kappa shape index (κ1) is 23.4. The standard InChI is InChI=1S/C29H28N4O3/c1-20(34)31-26-12-7-13-27-25(26)14-15-32(27)19-28(35)30-16-23(21-8-3-2-4-9-21)18-33-17-22-10-5-6-11-24(22)29(33)36/h2-15,23H,16-19H2,1H3,(H,30,35)(H,31,34). The molecule has 2 N–H and O–H groups in total. The molecule has 182 valence electrons. The Kier molecular flexibility index (Phi) is 6.54. The van der Waals surface area contributed by atoms with Gasteiger partial charge in [-0.15, -0.1) is 0 Å². The molecule has 4 aromatic rings. The van der Waals surface area contributed by atoms with Gasteiger partial charge < -0.3 is 20.1 Å². The summed E-state index contributed by atoms with van der Waals surface area (Å²) in [7, 11) is 0. The van der Waals surface area contributed by atoms with E-state index in [1.165, 1.54) is 6.92 Å². The van der Waals surface area contributed by atoms with Gasteiger partial charge in [0.2, 0.25) is 11.8 Å². The monoisotopic (exact) mass is 480 g/mol. The molecule has 0 aliphatic carbocycles. The van der Waals surface area contributed by atoms with Crippen molar-refractivity contribution in [1.82, 2.24) is 14.8 Å². The van der Waals surface area contributed by atoms with E-state index in [0.717, 1.165) is 33.3 Å². The normalized spacial score (nSPS) is 13.5. The molecule has 0 radical (unpaired) electrons. The smallest absolute Gasteiger partial charge is 0.254 e. The second kappa shape index (κ2) is 10.1. The number of rotatable bonds is 8. The molecule has 5 rings (SSSR count). The van der Waals surface area contributed by atoms with Gasteiger partial charge in [0.1, 0.15) is 6.54 Å². The van der Waals surface area contributed by atoms with E-state index in [2.05, 4.69) is 10.6 Å². The Labute approximate surface area is 209 Å². The van der Waals surface area contributed by atoms with Crippen LogP contribution in [0.3, 0.4) is 0 Å². The number of hydrogen-bond acceptors (Lipinski definition) is 3. The van der Waals surface area contributed by atoms with Crippen molar-refractivity contribution in [1.29, 1.82) is 0 Å². The van der Waals surface area contributed by atoms with Gasteiger partial charge >= 0.3 is 0 Å². The second-order valence-electron chi connectivity index (χ2n) is 9.12. The van der Waals surface area contributed by atoms with Crippen LogP contribution in [0.25, 0.3) is 10.9 Å². The molecule has 7 heteroatoms. The maximum Gasteiger partial charge on any atom is 0.254 e. The lowest BCUT2D eigenvalue weighted by molar-refractivity contribution is -0.121. The Morgan fingerprint density at radius 2 is 1.72 bits per heavy atom. The fraction of sp³-hybridized carbons (Fsp3) is 0.207. The molecule has 36 heavy (non-hydrogen) atoms. The highest BCUT2D eigenvalue weighted by Gasteiger charge is 2.29. The van der Waals surface area contributed by atoms with Crippen molar-refractivity contribution in [2.45, 2.75) is 25.9 Å². The molecule has 0 spiro atoms. The van der Waals surface area contributed by atoms with E-state index in [-0.39, 0.29) is 30.2 Å². The topological polar surface area (TPSA) is 83.4 Å². The SMILES string of the molecule is CC(=O)Nc1cccc2c1ccn2CC(=O)NCC(CN1Cc2ccccc2C1=O)c1ccccc1. The molecule has 0 fully saturated rings. The third-order valence-electron chi connectivity index (χ3n) is 6.59. The van der Waals surface area contributed by atoms with Crippen LogP contribution in [0, 0.1) is 0 Å². The van der Waals surface area contributed by atoms with E-state index >= 15 is 0 Å². The van der Waals surface area contributed by atoms with Gasteiger partial charge in [-0.05, 0) is 35.4 Å². The van der Waals surface area contributed by atoms with Crippen molar-refractivity contribution in [3.63, 3.8) is 0 Å². The van der Waals surface area contributed by atoms with Crippen molar-refractivity contribution < 1.29 is 14.4 Å². The van der Waals surface area contributed by atoms with Crippen LogP contribution in [0.15, 0.2) is 85.1 Å². The molecule has 1 unspecified atom stereocenters. The number of nitrogens with zero attached hydrogens (tertiary/aromatic N) is 2. The van der Waals surface area contributed by atoms with Crippen molar-refractivity contribution in [3.8, 4) is 0 Å². The molecule has 1 aliphatic rings. The van der Waals surface area contributed by atoms with Crippen molar-refractivity contribution in [2.75, 3.05) is 18.4 Å². The number of hydrogen-bond donors (Lipinski definition) is 2. The fourth-order valence-electron chi connectivity index (χ4n) is 4.85. The number of fused-ring (bicyclic) bond motifs is 2. The van der Waals surface area contributed by atoms with Crippen LogP contribution in [0.5, 0.6) is 0 Å². The summed E-state index contributed by atoms with van der Waals surface area (Å²) in [4.78, 5) is 39.3. The lowest BCUT2D eigenvalue weighted by Crippen LogP contribution is -2.37. The first-order chi connectivity index (χ1) is 17.5. The molecule has 0 bridgehead atoms. The Hall–Kier alpha value is -4.39. The summed E-state index contributed by atoms with van der Waals surface area (Å²) >= 11 is 0. The maximum atomic E-state index is 13.0. The van der Waals surface area contributed by atoms with Crippen LogP contribution < -0.4 is 10.6 Å². The molecule has 3 aromatic carbocycles. The highest BCUT2D eigenvalue weighted by Crippen LogP contribution is 2.27. The molecule has 1 atom stereocenters. The summed E-state index contributed by atoms with van der Waals surface area (Å²) in [5.41, 5.74) is 4.46. The van der Waals surface area contributed by atoms with Gasteiger partial charge in [0.05, 0.1) is 11.2 Å². The molecule has 1 aromatic heterocycles. The van der Waals surface area contributed by atoms with Gasteiger partial charge in [-0.2, -0.15) is 0 Å². The van der Waals surface area contributed by atoms with Crippen LogP contribution in [0.4, 0.5) is 5.69 Å². The van der Waals surface area contributed by atoms with Crippen LogP contribution in [-0.2, 0) is 22.7 Å². The van der Waals surface area contributed by atoms with Gasteiger partial charge in [-0.1, -0.05) is 54.6 Å². The molecule has 2 heterocycles. The lowest BCUT2D eigenvalue weighted by Gasteiger charge is -2.24. The first-order valence-electron chi connectivity index (χ1n) is 12.0. The fourth-order valence-corrected chi connectivity index (χ4v) is 4.85. The third-order valence-corrected chi connectivity index (χ3v) is 6.59. The zero-order valence-corrected chi connectivity index (χ0v) is 20.1. The molecule has 0 saturated heterocycles. The number of amides is 3. The Balaban J connectivity index is 1.28. The first-order valence-corrected chi connectivity index (χ1v) is 12.0. The van der Waals surface area contributed by atoms with Crippen LogP contribution in [0.2, 0.25) is 0 Å². The number of aromatic nitrogens is 1. The minimum atomic E-state index is -0.139. The third kappa shape index (κ3) is 4.86. The van der Waals surface area contributed by atoms with Crippen molar-refractivity contribution in [3.05, 3.63) is 102 Å². The highest BCUT2D eigenvalue weighted by atomic mass is 16.2. The predicted molar refractivity (Wildman–Crippen MR) is 140 cm³/mol. The Bertz CT molecular complexity index is 1430. The van der Waals surface area contributed by atoms with E-state index < -0.39 is 0 Å². The zero-order valence-electron chi connectivity index (χ0n) is 20.1. The summed E-state index contributed by atoms with van der Waals surface area (Å²) in [5.74, 6) is -0.262.